The van der Waals surface area contributed by atoms with E-state index in [4.69, 9.17) is 14.7 Å². The van der Waals surface area contributed by atoms with Crippen LogP contribution in [-0.2, 0) is 11.3 Å². The van der Waals surface area contributed by atoms with Gasteiger partial charge in [-0.15, -0.1) is 0 Å². The van der Waals surface area contributed by atoms with Crippen LogP contribution in [-0.4, -0.2) is 47.9 Å². The third-order valence-corrected chi connectivity index (χ3v) is 4.67. The van der Waals surface area contributed by atoms with Gasteiger partial charge in [0.15, 0.2) is 0 Å². The number of hydrogen-bond donors (Lipinski definition) is 2. The van der Waals surface area contributed by atoms with E-state index in [1.807, 2.05) is 6.07 Å². The molecule has 126 valence electrons. The Hall–Kier alpha value is -1.63. The number of fused-ring (bicyclic) bond motifs is 1. The monoisotopic (exact) mass is 320 g/mol. The molecular formula is C17H24N2O4. The van der Waals surface area contributed by atoms with Gasteiger partial charge >= 0.3 is 0 Å². The number of carbonyl (C=O) groups excluding carboxylic acids is 1. The Morgan fingerprint density at radius 1 is 1.48 bits per heavy atom. The molecule has 1 unspecified atom stereocenters. The standard InChI is InChI=1S/C17H24N2O4/c1-12-11-23-16-9-13(17(20)18-21)4-5-14(16)10-19(12)7-6-15-3-2-8-22-15/h4-5,9,12,15,21H,2-3,6-8,10-11H2,1H3,(H,18,20)/t12-,15?/m0/s1. The van der Waals surface area contributed by atoms with Gasteiger partial charge in [-0.3, -0.25) is 14.9 Å². The van der Waals surface area contributed by atoms with Crippen molar-refractivity contribution in [3.63, 3.8) is 0 Å². The highest BCUT2D eigenvalue weighted by atomic mass is 16.5. The van der Waals surface area contributed by atoms with E-state index in [-0.39, 0.29) is 0 Å². The maximum absolute atomic E-state index is 11.5. The van der Waals surface area contributed by atoms with Crippen LogP contribution < -0.4 is 10.2 Å². The second kappa shape index (κ2) is 7.29. The predicted octanol–water partition coefficient (Wildman–Crippen LogP) is 1.96. The van der Waals surface area contributed by atoms with Gasteiger partial charge in [0.25, 0.3) is 5.91 Å². The van der Waals surface area contributed by atoms with Crippen LogP contribution in [0, 0.1) is 0 Å². The molecule has 0 radical (unpaired) electrons. The quantitative estimate of drug-likeness (QED) is 0.655. The molecule has 0 bridgehead atoms. The maximum atomic E-state index is 11.5. The van der Waals surface area contributed by atoms with E-state index in [1.165, 1.54) is 6.42 Å². The van der Waals surface area contributed by atoms with E-state index >= 15 is 0 Å². The van der Waals surface area contributed by atoms with Gasteiger partial charge in [-0.1, -0.05) is 6.07 Å². The third kappa shape index (κ3) is 3.83. The Labute approximate surface area is 136 Å². The Bertz CT molecular complexity index is 558. The summed E-state index contributed by atoms with van der Waals surface area (Å²) in [5.41, 5.74) is 3.11. The minimum absolute atomic E-state index is 0.305. The van der Waals surface area contributed by atoms with Crippen molar-refractivity contribution in [2.45, 2.75) is 44.9 Å². The lowest BCUT2D eigenvalue weighted by atomic mass is 10.1. The molecule has 0 aromatic heterocycles. The van der Waals surface area contributed by atoms with Crippen molar-refractivity contribution >= 4 is 5.91 Å². The van der Waals surface area contributed by atoms with Crippen LogP contribution in [0.15, 0.2) is 18.2 Å². The maximum Gasteiger partial charge on any atom is 0.274 e. The molecule has 2 aliphatic rings. The van der Waals surface area contributed by atoms with E-state index in [0.717, 1.165) is 43.9 Å². The molecule has 2 atom stereocenters. The Morgan fingerprint density at radius 2 is 2.35 bits per heavy atom. The van der Waals surface area contributed by atoms with Crippen LogP contribution in [0.4, 0.5) is 0 Å². The molecule has 1 amide bonds. The molecule has 1 fully saturated rings. The van der Waals surface area contributed by atoms with E-state index < -0.39 is 5.91 Å². The summed E-state index contributed by atoms with van der Waals surface area (Å²) in [6.07, 6.45) is 3.77. The van der Waals surface area contributed by atoms with E-state index in [1.54, 1.807) is 17.6 Å². The van der Waals surface area contributed by atoms with Crippen LogP contribution in [0.1, 0.15) is 42.1 Å². The smallest absolute Gasteiger partial charge is 0.274 e. The summed E-state index contributed by atoms with van der Waals surface area (Å²) in [5, 5.41) is 8.75. The number of ether oxygens (including phenoxy) is 2. The first kappa shape index (κ1) is 16.2. The number of benzene rings is 1. The summed E-state index contributed by atoms with van der Waals surface area (Å²) in [4.78, 5) is 13.9. The molecule has 23 heavy (non-hydrogen) atoms. The van der Waals surface area contributed by atoms with Gasteiger partial charge in [0.2, 0.25) is 0 Å². The van der Waals surface area contributed by atoms with Crippen LogP contribution in [0.25, 0.3) is 0 Å². The summed E-state index contributed by atoms with van der Waals surface area (Å²) in [5.74, 6) is 0.196. The zero-order valence-electron chi connectivity index (χ0n) is 13.5. The first-order chi connectivity index (χ1) is 11.2. The van der Waals surface area contributed by atoms with Crippen molar-refractivity contribution in [1.29, 1.82) is 0 Å². The first-order valence-corrected chi connectivity index (χ1v) is 8.23. The van der Waals surface area contributed by atoms with Gasteiger partial charge in [-0.05, 0) is 38.3 Å². The van der Waals surface area contributed by atoms with E-state index in [2.05, 4.69) is 11.8 Å². The molecule has 0 spiro atoms. The predicted molar refractivity (Wildman–Crippen MR) is 84.7 cm³/mol. The molecule has 1 saturated heterocycles. The number of rotatable bonds is 4. The van der Waals surface area contributed by atoms with Gasteiger partial charge in [0.1, 0.15) is 12.4 Å². The van der Waals surface area contributed by atoms with Crippen molar-refractivity contribution in [2.24, 2.45) is 0 Å². The zero-order valence-corrected chi connectivity index (χ0v) is 13.5. The van der Waals surface area contributed by atoms with Crippen molar-refractivity contribution in [1.82, 2.24) is 10.4 Å². The molecular weight excluding hydrogens is 296 g/mol. The number of carbonyl (C=O) groups is 1. The number of nitrogens with zero attached hydrogens (tertiary/aromatic N) is 1. The largest absolute Gasteiger partial charge is 0.492 e. The lowest BCUT2D eigenvalue weighted by Crippen LogP contribution is -2.36. The van der Waals surface area contributed by atoms with E-state index in [9.17, 15) is 4.79 Å². The SMILES string of the molecule is C[C@H]1COc2cc(C(=O)NO)ccc2CN1CCC1CCCO1. The first-order valence-electron chi connectivity index (χ1n) is 8.23. The molecule has 3 rings (SSSR count). The van der Waals surface area contributed by atoms with E-state index in [0.29, 0.717) is 24.3 Å². The zero-order chi connectivity index (χ0) is 16.2. The summed E-state index contributed by atoms with van der Waals surface area (Å²) >= 11 is 0. The van der Waals surface area contributed by atoms with Crippen LogP contribution in [0.5, 0.6) is 5.75 Å². The molecule has 6 nitrogen and oxygen atoms in total. The van der Waals surface area contributed by atoms with Gasteiger partial charge < -0.3 is 9.47 Å². The molecule has 2 aliphatic heterocycles. The van der Waals surface area contributed by atoms with Gasteiger partial charge in [0, 0.05) is 36.9 Å². The molecule has 1 aromatic rings. The number of amides is 1. The molecule has 2 N–H and O–H groups in total. The Kier molecular flexibility index (Phi) is 5.15. The lowest BCUT2D eigenvalue weighted by molar-refractivity contribution is 0.0706. The van der Waals surface area contributed by atoms with Crippen LogP contribution in [0.2, 0.25) is 0 Å². The molecule has 2 heterocycles. The highest BCUT2D eigenvalue weighted by molar-refractivity contribution is 5.93. The summed E-state index contributed by atoms with van der Waals surface area (Å²) in [7, 11) is 0. The average molecular weight is 320 g/mol. The average Bonchev–Trinajstić information content (AvgIpc) is 3.04. The second-order valence-electron chi connectivity index (χ2n) is 6.32. The van der Waals surface area contributed by atoms with Crippen molar-refractivity contribution in [3.05, 3.63) is 29.3 Å². The summed E-state index contributed by atoms with van der Waals surface area (Å²) in [6.45, 7) is 5.41. The fourth-order valence-corrected chi connectivity index (χ4v) is 3.20. The molecule has 6 heteroatoms. The minimum atomic E-state index is -0.524. The lowest BCUT2D eigenvalue weighted by Gasteiger charge is -2.27. The van der Waals surface area contributed by atoms with Crippen molar-refractivity contribution in [2.75, 3.05) is 19.8 Å². The van der Waals surface area contributed by atoms with Crippen molar-refractivity contribution in [3.8, 4) is 5.75 Å². The summed E-state index contributed by atoms with van der Waals surface area (Å²) in [6, 6.07) is 5.61. The van der Waals surface area contributed by atoms with Crippen LogP contribution >= 0.6 is 0 Å². The minimum Gasteiger partial charge on any atom is -0.492 e. The number of hydrogen-bond acceptors (Lipinski definition) is 5. The number of nitrogens with one attached hydrogen (secondary N) is 1. The number of hydroxylamine groups is 1. The fourth-order valence-electron chi connectivity index (χ4n) is 3.20. The van der Waals surface area contributed by atoms with Gasteiger partial charge in [-0.2, -0.15) is 0 Å². The fraction of sp³-hybridized carbons (Fsp3) is 0.588. The Morgan fingerprint density at radius 3 is 3.09 bits per heavy atom. The summed E-state index contributed by atoms with van der Waals surface area (Å²) < 4.78 is 11.6. The Balaban J connectivity index is 1.69. The highest BCUT2D eigenvalue weighted by Gasteiger charge is 2.24. The van der Waals surface area contributed by atoms with Crippen LogP contribution in [0.3, 0.4) is 0 Å². The molecule has 0 saturated carbocycles. The van der Waals surface area contributed by atoms with Gasteiger partial charge in [-0.25, -0.2) is 5.48 Å². The normalized spacial score (nSPS) is 24.6. The molecule has 1 aromatic carbocycles. The topological polar surface area (TPSA) is 71.0 Å². The third-order valence-electron chi connectivity index (χ3n) is 4.67. The van der Waals surface area contributed by atoms with Crippen molar-refractivity contribution < 1.29 is 19.5 Å². The molecule has 0 aliphatic carbocycles. The second-order valence-corrected chi connectivity index (χ2v) is 6.32. The highest BCUT2D eigenvalue weighted by Crippen LogP contribution is 2.27. The van der Waals surface area contributed by atoms with Gasteiger partial charge in [0.05, 0.1) is 6.10 Å².